The fourth-order valence-corrected chi connectivity index (χ4v) is 2.97. The van der Waals surface area contributed by atoms with Gasteiger partial charge in [0, 0.05) is 12.1 Å². The van der Waals surface area contributed by atoms with Gasteiger partial charge in [-0.05, 0) is 37.3 Å². The molecule has 2 fully saturated rings. The zero-order chi connectivity index (χ0) is 13.2. The number of aromatic nitrogens is 1. The van der Waals surface area contributed by atoms with Crippen molar-refractivity contribution in [3.63, 3.8) is 0 Å². The molecule has 3 heteroatoms. The molecule has 1 aromatic heterocycles. The molecule has 102 valence electrons. The van der Waals surface area contributed by atoms with E-state index in [-0.39, 0.29) is 11.8 Å². The molecule has 0 amide bonds. The van der Waals surface area contributed by atoms with Gasteiger partial charge < -0.3 is 0 Å². The second kappa shape index (κ2) is 5.32. The van der Waals surface area contributed by atoms with Crippen LogP contribution < -0.4 is 5.49 Å². The lowest BCUT2D eigenvalue weighted by Crippen LogP contribution is -2.30. The minimum atomic E-state index is 0.215. The monoisotopic (exact) mass is 258 g/mol. The number of pyridine rings is 1. The Morgan fingerprint density at radius 3 is 2.68 bits per heavy atom. The first-order chi connectivity index (χ1) is 9.25. The summed E-state index contributed by atoms with van der Waals surface area (Å²) in [5.74, 6) is 0.984. The normalized spacial score (nSPS) is 28.4. The first-order valence-corrected chi connectivity index (χ1v) is 7.51. The fourth-order valence-electron chi connectivity index (χ4n) is 2.97. The number of hydrogen-bond acceptors (Lipinski definition) is 2. The van der Waals surface area contributed by atoms with Crippen LogP contribution in [0.1, 0.15) is 50.2 Å². The molecule has 2 aliphatic carbocycles. The van der Waals surface area contributed by atoms with Crippen molar-refractivity contribution < 1.29 is 4.79 Å². The number of carbonyl (C=O) groups is 1. The highest BCUT2D eigenvalue weighted by molar-refractivity contribution is 5.83. The van der Waals surface area contributed by atoms with E-state index in [1.165, 1.54) is 32.1 Å². The molecule has 2 saturated carbocycles. The Morgan fingerprint density at radius 1 is 1.26 bits per heavy atom. The van der Waals surface area contributed by atoms with Crippen LogP contribution in [-0.4, -0.2) is 16.5 Å². The van der Waals surface area contributed by atoms with Gasteiger partial charge in [-0.2, -0.15) is 0 Å². The molecule has 1 heterocycles. The molecule has 0 bridgehead atoms. The van der Waals surface area contributed by atoms with Crippen LogP contribution in [0.4, 0.5) is 0 Å². The predicted octanol–water partition coefficient (Wildman–Crippen LogP) is 3.02. The average molecular weight is 258 g/mol. The highest BCUT2D eigenvalue weighted by Gasteiger charge is 2.39. The maximum Gasteiger partial charge on any atom is 0.235 e. The van der Waals surface area contributed by atoms with Crippen LogP contribution in [0, 0.1) is 11.8 Å². The van der Waals surface area contributed by atoms with E-state index in [0.29, 0.717) is 12.0 Å². The second-order valence-electron chi connectivity index (χ2n) is 6.01. The first-order valence-electron chi connectivity index (χ1n) is 7.51. The average Bonchev–Trinajstić information content (AvgIpc) is 3.17. The summed E-state index contributed by atoms with van der Waals surface area (Å²) in [5.41, 5.74) is 0.846. The summed E-state index contributed by atoms with van der Waals surface area (Å²) in [4.78, 5) is 17.2. The Balaban J connectivity index is 1.88. The highest BCUT2D eigenvalue weighted by Crippen LogP contribution is 2.38. The lowest BCUT2D eigenvalue weighted by atomic mass is 9.96. The zero-order valence-electron chi connectivity index (χ0n) is 11.6. The Bertz CT molecular complexity index is 526. The van der Waals surface area contributed by atoms with Crippen molar-refractivity contribution in [3.05, 3.63) is 29.9 Å². The van der Waals surface area contributed by atoms with Gasteiger partial charge in [0.05, 0.1) is 6.04 Å². The number of rotatable bonds is 2. The van der Waals surface area contributed by atoms with Crippen LogP contribution in [0.2, 0.25) is 0 Å². The molecule has 2 unspecified atom stereocenters. The summed E-state index contributed by atoms with van der Waals surface area (Å²) < 4.78 is 1.77. The minimum Gasteiger partial charge on any atom is -0.274 e. The van der Waals surface area contributed by atoms with Crippen LogP contribution in [0.3, 0.4) is 0 Å². The molecule has 0 saturated heterocycles. The van der Waals surface area contributed by atoms with E-state index in [1.54, 1.807) is 4.57 Å². The number of nitrogens with zero attached hydrogens (tertiary/aromatic N) is 2. The Morgan fingerprint density at radius 2 is 2.00 bits per heavy atom. The molecule has 0 aromatic carbocycles. The van der Waals surface area contributed by atoms with Crippen molar-refractivity contribution in [1.29, 1.82) is 0 Å². The lowest BCUT2D eigenvalue weighted by Gasteiger charge is -2.17. The highest BCUT2D eigenvalue weighted by atomic mass is 16.2. The van der Waals surface area contributed by atoms with Crippen molar-refractivity contribution in [2.75, 3.05) is 0 Å². The lowest BCUT2D eigenvalue weighted by molar-refractivity contribution is 0.0874. The summed E-state index contributed by atoms with van der Waals surface area (Å²) in [7, 11) is 0. The van der Waals surface area contributed by atoms with E-state index >= 15 is 0 Å². The van der Waals surface area contributed by atoms with Crippen molar-refractivity contribution in [2.24, 2.45) is 16.8 Å². The minimum absolute atomic E-state index is 0.215. The first kappa shape index (κ1) is 12.6. The van der Waals surface area contributed by atoms with Crippen molar-refractivity contribution >= 4 is 5.91 Å². The third-order valence-corrected chi connectivity index (χ3v) is 4.39. The Kier molecular flexibility index (Phi) is 3.54. The summed E-state index contributed by atoms with van der Waals surface area (Å²) >= 11 is 0. The maximum absolute atomic E-state index is 12.4. The van der Waals surface area contributed by atoms with E-state index in [1.807, 2.05) is 24.4 Å². The molecule has 3 nitrogen and oxygen atoms in total. The van der Waals surface area contributed by atoms with Crippen LogP contribution in [-0.2, 0) is 0 Å². The van der Waals surface area contributed by atoms with E-state index in [4.69, 9.17) is 4.99 Å². The second-order valence-corrected chi connectivity index (χ2v) is 6.01. The van der Waals surface area contributed by atoms with Gasteiger partial charge in [-0.25, -0.2) is 0 Å². The van der Waals surface area contributed by atoms with Gasteiger partial charge in [0.25, 0.3) is 0 Å². The topological polar surface area (TPSA) is 34.4 Å². The standard InChI is InChI=1S/C16H22N2O/c1-12-11-14(12)16(19)18-10-6-5-9-15(18)17-13-7-3-2-4-8-13/h5-6,9-10,12-14H,2-4,7-8,11H2,1H3. The number of carbonyl (C=O) groups excluding carboxylic acids is 1. The molecule has 2 aliphatic rings. The Labute approximate surface area is 114 Å². The molecule has 3 rings (SSSR count). The van der Waals surface area contributed by atoms with Gasteiger partial charge in [-0.3, -0.25) is 14.4 Å². The van der Waals surface area contributed by atoms with Crippen molar-refractivity contribution in [2.45, 2.75) is 51.5 Å². The zero-order valence-corrected chi connectivity index (χ0v) is 11.6. The van der Waals surface area contributed by atoms with Crippen LogP contribution in [0.25, 0.3) is 0 Å². The predicted molar refractivity (Wildman–Crippen MR) is 74.8 cm³/mol. The molecule has 2 atom stereocenters. The van der Waals surface area contributed by atoms with E-state index in [0.717, 1.165) is 11.9 Å². The quantitative estimate of drug-likeness (QED) is 0.803. The van der Waals surface area contributed by atoms with Crippen LogP contribution >= 0.6 is 0 Å². The third kappa shape index (κ3) is 2.80. The molecule has 19 heavy (non-hydrogen) atoms. The van der Waals surface area contributed by atoms with E-state index < -0.39 is 0 Å². The molecule has 1 aromatic rings. The fraction of sp³-hybridized carbons (Fsp3) is 0.625. The molecular formula is C16H22N2O. The van der Waals surface area contributed by atoms with E-state index in [9.17, 15) is 4.79 Å². The molecule has 0 radical (unpaired) electrons. The maximum atomic E-state index is 12.4. The largest absolute Gasteiger partial charge is 0.274 e. The summed E-state index contributed by atoms with van der Waals surface area (Å²) in [6, 6.07) is 6.28. The van der Waals surface area contributed by atoms with Gasteiger partial charge in [-0.15, -0.1) is 0 Å². The molecular weight excluding hydrogens is 236 g/mol. The Hall–Kier alpha value is -1.38. The van der Waals surface area contributed by atoms with Crippen molar-refractivity contribution in [1.82, 2.24) is 4.57 Å². The van der Waals surface area contributed by atoms with Gasteiger partial charge in [0.2, 0.25) is 5.91 Å². The van der Waals surface area contributed by atoms with Gasteiger partial charge in [-0.1, -0.05) is 32.3 Å². The van der Waals surface area contributed by atoms with Crippen LogP contribution in [0.5, 0.6) is 0 Å². The van der Waals surface area contributed by atoms with Crippen molar-refractivity contribution in [3.8, 4) is 0 Å². The molecule has 0 spiro atoms. The summed E-state index contributed by atoms with van der Waals surface area (Å²) in [6.45, 7) is 2.14. The van der Waals surface area contributed by atoms with Gasteiger partial charge in [0.1, 0.15) is 5.49 Å². The smallest absolute Gasteiger partial charge is 0.235 e. The van der Waals surface area contributed by atoms with E-state index in [2.05, 4.69) is 6.92 Å². The summed E-state index contributed by atoms with van der Waals surface area (Å²) in [5, 5.41) is 0. The molecule has 0 aliphatic heterocycles. The van der Waals surface area contributed by atoms with Crippen LogP contribution in [0.15, 0.2) is 29.4 Å². The SMILES string of the molecule is CC1CC1C(=O)n1ccccc1=NC1CCCCC1. The molecule has 0 N–H and O–H groups in total. The van der Waals surface area contributed by atoms with Gasteiger partial charge in [0.15, 0.2) is 0 Å². The summed E-state index contributed by atoms with van der Waals surface area (Å²) in [6.07, 6.45) is 9.12. The number of hydrogen-bond donors (Lipinski definition) is 0. The third-order valence-electron chi connectivity index (χ3n) is 4.39. The van der Waals surface area contributed by atoms with Gasteiger partial charge >= 0.3 is 0 Å².